The number of hydrogen-bond donors (Lipinski definition) is 1. The number of allylic oxidation sites excluding steroid dienone is 1. The first kappa shape index (κ1) is 16.8. The predicted octanol–water partition coefficient (Wildman–Crippen LogP) is 2.06. The molecule has 27 heavy (non-hydrogen) atoms. The van der Waals surface area contributed by atoms with Gasteiger partial charge in [0.1, 0.15) is 0 Å². The SMILES string of the molecule is C/C=C1/CN(C=O)[C@@H]2C[C@H]1[C@H](C(=O)OC)[C@]13CCO[C@]21Nc1ccccc13. The first-order chi connectivity index (χ1) is 13.1. The van der Waals surface area contributed by atoms with Gasteiger partial charge < -0.3 is 19.7 Å². The van der Waals surface area contributed by atoms with Gasteiger partial charge in [-0.1, -0.05) is 29.8 Å². The highest BCUT2D eigenvalue weighted by Gasteiger charge is 2.76. The number of piperidine rings is 1. The molecule has 3 fully saturated rings. The third kappa shape index (κ3) is 1.79. The van der Waals surface area contributed by atoms with Crippen LogP contribution in [0.5, 0.6) is 0 Å². The Morgan fingerprint density at radius 2 is 2.22 bits per heavy atom. The second-order valence-electron chi connectivity index (χ2n) is 7.98. The number of esters is 1. The lowest BCUT2D eigenvalue weighted by atomic mass is 9.51. The minimum Gasteiger partial charge on any atom is -0.469 e. The molecule has 1 aliphatic carbocycles. The molecule has 1 saturated carbocycles. The van der Waals surface area contributed by atoms with Gasteiger partial charge in [-0.15, -0.1) is 0 Å². The second kappa shape index (κ2) is 5.58. The fourth-order valence-corrected chi connectivity index (χ4v) is 6.35. The number of nitrogens with zero attached hydrogens (tertiary/aromatic N) is 1. The van der Waals surface area contributed by atoms with Crippen LogP contribution >= 0.6 is 0 Å². The summed E-state index contributed by atoms with van der Waals surface area (Å²) in [5.41, 5.74) is 1.90. The Morgan fingerprint density at radius 1 is 1.41 bits per heavy atom. The molecule has 3 heterocycles. The Kier molecular flexibility index (Phi) is 3.47. The predicted molar refractivity (Wildman–Crippen MR) is 99.0 cm³/mol. The summed E-state index contributed by atoms with van der Waals surface area (Å²) in [4.78, 5) is 27.0. The van der Waals surface area contributed by atoms with E-state index in [1.807, 2.05) is 30.0 Å². The van der Waals surface area contributed by atoms with Crippen molar-refractivity contribution in [2.45, 2.75) is 36.9 Å². The van der Waals surface area contributed by atoms with Gasteiger partial charge in [0.2, 0.25) is 6.41 Å². The topological polar surface area (TPSA) is 67.9 Å². The highest BCUT2D eigenvalue weighted by Crippen LogP contribution is 2.66. The summed E-state index contributed by atoms with van der Waals surface area (Å²) in [6.07, 6.45) is 4.41. The highest BCUT2D eigenvalue weighted by molar-refractivity contribution is 5.81. The fraction of sp³-hybridized carbons (Fsp3) is 0.524. The minimum atomic E-state index is -0.785. The van der Waals surface area contributed by atoms with Gasteiger partial charge in [-0.2, -0.15) is 0 Å². The lowest BCUT2D eigenvalue weighted by Gasteiger charge is -2.59. The molecule has 1 aromatic carbocycles. The molecule has 0 aromatic heterocycles. The number of amides is 1. The van der Waals surface area contributed by atoms with Crippen LogP contribution < -0.4 is 5.32 Å². The molecule has 5 atom stereocenters. The van der Waals surface area contributed by atoms with Crippen LogP contribution in [0.15, 0.2) is 35.9 Å². The summed E-state index contributed by atoms with van der Waals surface area (Å²) in [6, 6.07) is 8.00. The molecule has 3 aliphatic heterocycles. The first-order valence-corrected chi connectivity index (χ1v) is 9.58. The van der Waals surface area contributed by atoms with Gasteiger partial charge in [0.05, 0.1) is 31.1 Å². The van der Waals surface area contributed by atoms with Crippen molar-refractivity contribution in [1.82, 2.24) is 4.90 Å². The number of likely N-dealkylation sites (tertiary alicyclic amines) is 1. The molecule has 4 aliphatic rings. The van der Waals surface area contributed by atoms with Gasteiger partial charge >= 0.3 is 5.97 Å². The molecule has 0 spiro atoms. The number of carbonyl (C=O) groups excluding carboxylic acids is 2. The summed E-state index contributed by atoms with van der Waals surface area (Å²) in [6.45, 7) is 3.07. The fourth-order valence-electron chi connectivity index (χ4n) is 6.35. The molecule has 1 amide bonds. The molecule has 0 unspecified atom stereocenters. The molecule has 6 heteroatoms. The van der Waals surface area contributed by atoms with E-state index in [1.54, 1.807) is 0 Å². The van der Waals surface area contributed by atoms with Gasteiger partial charge in [0.15, 0.2) is 5.72 Å². The monoisotopic (exact) mass is 368 g/mol. The Labute approximate surface area is 158 Å². The van der Waals surface area contributed by atoms with Crippen LogP contribution in [-0.4, -0.2) is 49.3 Å². The van der Waals surface area contributed by atoms with Crippen LogP contribution in [0.2, 0.25) is 0 Å². The van der Waals surface area contributed by atoms with Crippen LogP contribution in [0.25, 0.3) is 0 Å². The summed E-state index contributed by atoms with van der Waals surface area (Å²) in [7, 11) is 1.46. The van der Waals surface area contributed by atoms with E-state index >= 15 is 0 Å². The molecule has 1 aromatic rings. The Bertz CT molecular complexity index is 852. The zero-order chi connectivity index (χ0) is 18.8. The van der Waals surface area contributed by atoms with E-state index in [1.165, 1.54) is 7.11 Å². The zero-order valence-electron chi connectivity index (χ0n) is 15.6. The van der Waals surface area contributed by atoms with E-state index in [2.05, 4.69) is 17.5 Å². The van der Waals surface area contributed by atoms with Crippen molar-refractivity contribution in [3.05, 3.63) is 41.5 Å². The summed E-state index contributed by atoms with van der Waals surface area (Å²) >= 11 is 0. The third-order valence-electron chi connectivity index (χ3n) is 7.30. The summed E-state index contributed by atoms with van der Waals surface area (Å²) in [5, 5.41) is 3.61. The molecule has 2 saturated heterocycles. The van der Waals surface area contributed by atoms with E-state index in [-0.39, 0.29) is 23.8 Å². The normalized spacial score (nSPS) is 40.0. The molecule has 2 bridgehead atoms. The Balaban J connectivity index is 1.80. The Hall–Kier alpha value is -2.34. The maximum Gasteiger partial charge on any atom is 0.310 e. The number of para-hydroxylation sites is 1. The number of hydrogen-bond acceptors (Lipinski definition) is 5. The quantitative estimate of drug-likeness (QED) is 0.492. The van der Waals surface area contributed by atoms with Crippen molar-refractivity contribution < 1.29 is 19.1 Å². The number of fused-ring (bicyclic) bond motifs is 3. The molecular formula is C21H24N2O4. The number of anilines is 1. The number of benzene rings is 1. The maximum atomic E-state index is 13.2. The van der Waals surface area contributed by atoms with Gasteiger partial charge in [-0.3, -0.25) is 9.59 Å². The lowest BCUT2D eigenvalue weighted by Crippen LogP contribution is -2.73. The number of ether oxygens (including phenoxy) is 2. The van der Waals surface area contributed by atoms with Crippen molar-refractivity contribution in [2.75, 3.05) is 25.6 Å². The highest BCUT2D eigenvalue weighted by atomic mass is 16.5. The van der Waals surface area contributed by atoms with Crippen molar-refractivity contribution in [3.8, 4) is 0 Å². The van der Waals surface area contributed by atoms with Crippen LogP contribution in [0, 0.1) is 11.8 Å². The van der Waals surface area contributed by atoms with E-state index in [0.717, 1.165) is 29.7 Å². The standard InChI is InChI=1S/C21H24N2O4/c1-3-13-11-23(12-24)17-10-14(13)18(19(25)26-2)20-8-9-27-21(17,20)22-16-7-5-4-6-15(16)20/h3-7,12,14,17-18,22H,8-11H2,1-2H3/b13-3-/t14-,17-,18-,20-,21-/m1/s1. The van der Waals surface area contributed by atoms with Crippen LogP contribution in [0.1, 0.15) is 25.3 Å². The molecule has 142 valence electrons. The number of nitrogens with one attached hydrogen (secondary N) is 1. The number of carbonyl (C=O) groups is 2. The van der Waals surface area contributed by atoms with Crippen LogP contribution in [-0.2, 0) is 24.5 Å². The van der Waals surface area contributed by atoms with Crippen molar-refractivity contribution >= 4 is 18.1 Å². The molecule has 0 radical (unpaired) electrons. The second-order valence-corrected chi connectivity index (χ2v) is 7.98. The summed E-state index contributed by atoms with van der Waals surface area (Å²) in [5.74, 6) is -0.477. The van der Waals surface area contributed by atoms with Gasteiger partial charge in [0.25, 0.3) is 0 Å². The van der Waals surface area contributed by atoms with Gasteiger partial charge in [-0.05, 0) is 37.3 Å². The molecule has 6 nitrogen and oxygen atoms in total. The smallest absolute Gasteiger partial charge is 0.310 e. The molecule has 1 N–H and O–H groups in total. The van der Waals surface area contributed by atoms with Crippen molar-refractivity contribution in [1.29, 1.82) is 0 Å². The number of rotatable bonds is 2. The van der Waals surface area contributed by atoms with Crippen molar-refractivity contribution in [2.24, 2.45) is 11.8 Å². The molecular weight excluding hydrogens is 344 g/mol. The average molecular weight is 368 g/mol. The van der Waals surface area contributed by atoms with Gasteiger partial charge in [0, 0.05) is 12.2 Å². The van der Waals surface area contributed by atoms with Crippen molar-refractivity contribution in [3.63, 3.8) is 0 Å². The first-order valence-electron chi connectivity index (χ1n) is 9.58. The van der Waals surface area contributed by atoms with Gasteiger partial charge in [-0.25, -0.2) is 0 Å². The minimum absolute atomic E-state index is 0.0476. The maximum absolute atomic E-state index is 13.2. The lowest BCUT2D eigenvalue weighted by molar-refractivity contribution is -0.172. The van der Waals surface area contributed by atoms with E-state index < -0.39 is 11.1 Å². The van der Waals surface area contributed by atoms with E-state index in [0.29, 0.717) is 19.6 Å². The molecule has 5 rings (SSSR count). The zero-order valence-corrected chi connectivity index (χ0v) is 15.6. The van der Waals surface area contributed by atoms with E-state index in [9.17, 15) is 9.59 Å². The third-order valence-corrected chi connectivity index (χ3v) is 7.30. The average Bonchev–Trinajstić information content (AvgIpc) is 3.21. The Morgan fingerprint density at radius 3 is 2.96 bits per heavy atom. The van der Waals surface area contributed by atoms with Crippen LogP contribution in [0.3, 0.4) is 0 Å². The number of methoxy groups -OCH3 is 1. The van der Waals surface area contributed by atoms with Crippen LogP contribution in [0.4, 0.5) is 5.69 Å². The summed E-state index contributed by atoms with van der Waals surface area (Å²) < 4.78 is 11.7. The largest absolute Gasteiger partial charge is 0.469 e. The van der Waals surface area contributed by atoms with E-state index in [4.69, 9.17) is 9.47 Å².